The molecule has 0 unspecified atom stereocenters. The number of anilines is 1. The number of benzene rings is 3. The van der Waals surface area contributed by atoms with Crippen LogP contribution in [0.15, 0.2) is 106 Å². The summed E-state index contributed by atoms with van der Waals surface area (Å²) in [5.74, 6) is -0.652. The summed E-state index contributed by atoms with van der Waals surface area (Å²) in [6.45, 7) is -0.172. The highest BCUT2D eigenvalue weighted by atomic mass is 35.5. The first kappa shape index (κ1) is 29.6. The zero-order valence-corrected chi connectivity index (χ0v) is 22.7. The highest BCUT2D eigenvalue weighted by Crippen LogP contribution is 2.31. The van der Waals surface area contributed by atoms with Gasteiger partial charge in [-0.25, -0.2) is 8.42 Å². The molecule has 0 radical (unpaired) electrons. The number of alkyl halides is 3. The molecule has 210 valence electrons. The van der Waals surface area contributed by atoms with Crippen LogP contribution in [-0.4, -0.2) is 18.6 Å². The van der Waals surface area contributed by atoms with Crippen LogP contribution in [0, 0.1) is 11.3 Å². The number of amides is 1. The molecule has 7 nitrogen and oxygen atoms in total. The average Bonchev–Trinajstić information content (AvgIpc) is 3.39. The highest BCUT2D eigenvalue weighted by Gasteiger charge is 2.30. The van der Waals surface area contributed by atoms with E-state index in [1.807, 2.05) is 0 Å². The van der Waals surface area contributed by atoms with Crippen LogP contribution in [0.5, 0.6) is 0 Å². The molecule has 4 aromatic rings. The minimum Gasteiger partial charge on any atom is -0.460 e. The predicted molar refractivity (Wildman–Crippen MR) is 147 cm³/mol. The molecule has 41 heavy (non-hydrogen) atoms. The number of sulfonamides is 1. The number of carbonyl (C=O) groups is 1. The first-order valence-corrected chi connectivity index (χ1v) is 13.8. The van der Waals surface area contributed by atoms with Gasteiger partial charge in [0.2, 0.25) is 10.0 Å². The second kappa shape index (κ2) is 12.4. The summed E-state index contributed by atoms with van der Waals surface area (Å²) in [6, 6.07) is 23.2. The SMILES string of the molecule is N#C/C(=C/c1ccc(CN(Cc2ccc(Cl)cc2)S(=O)(=O)c2ccccc2)o1)C(=O)Nc1cccc(C(F)(F)F)c1. The third kappa shape index (κ3) is 7.64. The summed E-state index contributed by atoms with van der Waals surface area (Å²) in [6.07, 6.45) is -3.49. The number of hydrogen-bond acceptors (Lipinski definition) is 5. The van der Waals surface area contributed by atoms with Crippen LogP contribution < -0.4 is 5.32 Å². The summed E-state index contributed by atoms with van der Waals surface area (Å²) in [7, 11) is -3.96. The van der Waals surface area contributed by atoms with Gasteiger partial charge in [-0.15, -0.1) is 0 Å². The quantitative estimate of drug-likeness (QED) is 0.167. The van der Waals surface area contributed by atoms with Crippen molar-refractivity contribution in [3.8, 4) is 6.07 Å². The van der Waals surface area contributed by atoms with Crippen molar-refractivity contribution in [3.63, 3.8) is 0 Å². The van der Waals surface area contributed by atoms with Gasteiger partial charge in [0.25, 0.3) is 5.91 Å². The lowest BCUT2D eigenvalue weighted by Gasteiger charge is -2.21. The molecule has 1 aromatic heterocycles. The maximum atomic E-state index is 13.5. The van der Waals surface area contributed by atoms with Crippen molar-refractivity contribution in [3.05, 3.63) is 124 Å². The Hall–Kier alpha value is -4.37. The third-order valence-corrected chi connectivity index (χ3v) is 7.83. The van der Waals surface area contributed by atoms with E-state index in [0.717, 1.165) is 24.3 Å². The second-order valence-electron chi connectivity index (χ2n) is 8.72. The number of rotatable bonds is 9. The van der Waals surface area contributed by atoms with Gasteiger partial charge >= 0.3 is 6.18 Å². The Kier molecular flexibility index (Phi) is 8.98. The van der Waals surface area contributed by atoms with Crippen molar-refractivity contribution >= 4 is 39.3 Å². The topological polar surface area (TPSA) is 103 Å². The molecule has 0 bridgehead atoms. The first-order valence-electron chi connectivity index (χ1n) is 11.9. The van der Waals surface area contributed by atoms with E-state index >= 15 is 0 Å². The van der Waals surface area contributed by atoms with Gasteiger partial charge in [0.05, 0.1) is 17.0 Å². The van der Waals surface area contributed by atoms with Crippen LogP contribution in [0.1, 0.15) is 22.6 Å². The minimum absolute atomic E-state index is 0.00309. The normalized spacial score (nSPS) is 12.2. The van der Waals surface area contributed by atoms with Gasteiger partial charge in [0, 0.05) is 23.3 Å². The van der Waals surface area contributed by atoms with E-state index in [2.05, 4.69) is 5.32 Å². The zero-order valence-electron chi connectivity index (χ0n) is 21.1. The first-order chi connectivity index (χ1) is 19.5. The Morgan fingerprint density at radius 1 is 0.976 bits per heavy atom. The fourth-order valence-corrected chi connectivity index (χ4v) is 5.30. The van der Waals surface area contributed by atoms with Crippen LogP contribution in [0.2, 0.25) is 5.02 Å². The van der Waals surface area contributed by atoms with Crippen LogP contribution in [0.25, 0.3) is 6.08 Å². The second-order valence-corrected chi connectivity index (χ2v) is 11.1. The number of furan rings is 1. The molecule has 3 aromatic carbocycles. The molecule has 0 aliphatic carbocycles. The van der Waals surface area contributed by atoms with E-state index in [1.54, 1.807) is 48.5 Å². The van der Waals surface area contributed by atoms with Gasteiger partial charge in [0.1, 0.15) is 23.2 Å². The van der Waals surface area contributed by atoms with Crippen molar-refractivity contribution in [1.29, 1.82) is 5.26 Å². The van der Waals surface area contributed by atoms with Crippen LogP contribution in [0.4, 0.5) is 18.9 Å². The molecule has 0 aliphatic rings. The molecule has 0 spiro atoms. The van der Waals surface area contributed by atoms with Gasteiger partial charge in [-0.3, -0.25) is 4.79 Å². The number of nitriles is 1. The Morgan fingerprint density at radius 3 is 2.34 bits per heavy atom. The van der Waals surface area contributed by atoms with Crippen LogP contribution in [-0.2, 0) is 34.1 Å². The van der Waals surface area contributed by atoms with Gasteiger partial charge in [-0.05, 0) is 60.2 Å². The predicted octanol–water partition coefficient (Wildman–Crippen LogP) is 6.89. The lowest BCUT2D eigenvalue weighted by Crippen LogP contribution is -2.30. The lowest BCUT2D eigenvalue weighted by atomic mass is 10.1. The van der Waals surface area contributed by atoms with E-state index in [9.17, 15) is 31.6 Å². The number of carbonyl (C=O) groups excluding carboxylic acids is 1. The molecule has 0 saturated carbocycles. The molecule has 12 heteroatoms. The van der Waals surface area contributed by atoms with Gasteiger partial charge < -0.3 is 9.73 Å². The van der Waals surface area contributed by atoms with E-state index in [0.29, 0.717) is 10.6 Å². The Bertz CT molecular complexity index is 1710. The Balaban J connectivity index is 1.56. The molecule has 0 saturated heterocycles. The number of halogens is 4. The van der Waals surface area contributed by atoms with E-state index in [1.165, 1.54) is 34.6 Å². The summed E-state index contributed by atoms with van der Waals surface area (Å²) in [5, 5.41) is 12.3. The van der Waals surface area contributed by atoms with Gasteiger partial charge in [-0.1, -0.05) is 48.0 Å². The fraction of sp³-hybridized carbons (Fsp3) is 0.103. The maximum Gasteiger partial charge on any atom is 0.416 e. The Morgan fingerprint density at radius 2 is 1.68 bits per heavy atom. The van der Waals surface area contributed by atoms with Crippen molar-refractivity contribution in [2.75, 3.05) is 5.32 Å². The largest absolute Gasteiger partial charge is 0.460 e. The van der Waals surface area contributed by atoms with E-state index in [-0.39, 0.29) is 35.2 Å². The summed E-state index contributed by atoms with van der Waals surface area (Å²) < 4.78 is 72.8. The van der Waals surface area contributed by atoms with Gasteiger partial charge in [0.15, 0.2) is 0 Å². The van der Waals surface area contributed by atoms with Crippen LogP contribution in [0.3, 0.4) is 0 Å². The number of hydrogen-bond donors (Lipinski definition) is 1. The third-order valence-electron chi connectivity index (χ3n) is 5.77. The maximum absolute atomic E-state index is 13.5. The smallest absolute Gasteiger partial charge is 0.416 e. The highest BCUT2D eigenvalue weighted by molar-refractivity contribution is 7.89. The zero-order chi connectivity index (χ0) is 29.6. The molecular weight excluding hydrogens is 579 g/mol. The van der Waals surface area contributed by atoms with Crippen molar-refractivity contribution in [1.82, 2.24) is 4.31 Å². The summed E-state index contributed by atoms with van der Waals surface area (Å²) in [5.41, 5.74) is -0.853. The van der Waals surface area contributed by atoms with Crippen molar-refractivity contribution < 1.29 is 30.8 Å². The molecule has 1 amide bonds. The number of nitrogens with one attached hydrogen (secondary N) is 1. The molecule has 1 heterocycles. The molecule has 0 aliphatic heterocycles. The van der Waals surface area contributed by atoms with E-state index < -0.39 is 33.2 Å². The molecular formula is C29H21ClF3N3O4S. The van der Waals surface area contributed by atoms with E-state index in [4.69, 9.17) is 16.0 Å². The lowest BCUT2D eigenvalue weighted by molar-refractivity contribution is -0.137. The van der Waals surface area contributed by atoms with Gasteiger partial charge in [-0.2, -0.15) is 22.7 Å². The molecule has 4 rings (SSSR count). The van der Waals surface area contributed by atoms with Crippen molar-refractivity contribution in [2.45, 2.75) is 24.2 Å². The Labute approximate surface area is 239 Å². The fourth-order valence-electron chi connectivity index (χ4n) is 3.75. The molecule has 0 atom stereocenters. The summed E-state index contributed by atoms with van der Waals surface area (Å²) in [4.78, 5) is 12.7. The molecule has 1 N–H and O–H groups in total. The van der Waals surface area contributed by atoms with Crippen LogP contribution >= 0.6 is 11.6 Å². The standard InChI is InChI=1S/C29H21ClF3N3O4S/c30-23-11-9-20(10-12-23)18-36(41(38,39)27-7-2-1-3-8-27)19-26-14-13-25(40-26)15-21(17-34)28(37)35-24-6-4-5-22(16-24)29(31,32)33/h1-16H,18-19H2,(H,35,37)/b21-15-. The minimum atomic E-state index is -4.60. The van der Waals surface area contributed by atoms with Crippen molar-refractivity contribution in [2.24, 2.45) is 0 Å². The molecule has 0 fully saturated rings. The monoisotopic (exact) mass is 599 g/mol. The average molecular weight is 600 g/mol. The summed E-state index contributed by atoms with van der Waals surface area (Å²) >= 11 is 5.96. The number of nitrogens with zero attached hydrogens (tertiary/aromatic N) is 2.